The number of hydrogen-bond acceptors (Lipinski definition) is 5. The summed E-state index contributed by atoms with van der Waals surface area (Å²) in [6, 6.07) is 6.04. The highest BCUT2D eigenvalue weighted by atomic mass is 16.5. The summed E-state index contributed by atoms with van der Waals surface area (Å²) in [7, 11) is 0. The van der Waals surface area contributed by atoms with Gasteiger partial charge >= 0.3 is 0 Å². The maximum absolute atomic E-state index is 12.9. The molecule has 4 atom stereocenters. The highest BCUT2D eigenvalue weighted by Crippen LogP contribution is 2.69. The van der Waals surface area contributed by atoms with Crippen LogP contribution in [0.25, 0.3) is 5.57 Å². The Bertz CT molecular complexity index is 1350. The van der Waals surface area contributed by atoms with Gasteiger partial charge in [0.2, 0.25) is 0 Å². The van der Waals surface area contributed by atoms with Crippen LogP contribution in [-0.2, 0) is 10.2 Å². The number of hydrogen-bond donors (Lipinski definition) is 2. The van der Waals surface area contributed by atoms with Crippen LogP contribution in [0.1, 0.15) is 87.5 Å². The molecule has 2 aliphatic carbocycles. The van der Waals surface area contributed by atoms with Crippen molar-refractivity contribution in [2.45, 2.75) is 76.4 Å². The highest BCUT2D eigenvalue weighted by molar-refractivity contribution is 6.03. The van der Waals surface area contributed by atoms with Crippen LogP contribution < -0.4 is 5.32 Å². The molecule has 2 aliphatic heterocycles. The monoisotopic (exact) mass is 469 g/mol. The van der Waals surface area contributed by atoms with Crippen molar-refractivity contribution >= 4 is 17.2 Å². The van der Waals surface area contributed by atoms with Gasteiger partial charge in [-0.05, 0) is 69.1 Å². The third-order valence-electron chi connectivity index (χ3n) is 8.49. The Morgan fingerprint density at radius 1 is 1.26 bits per heavy atom. The van der Waals surface area contributed by atoms with Crippen LogP contribution in [0.4, 0.5) is 5.69 Å². The molecule has 1 saturated carbocycles. The minimum Gasteiger partial charge on any atom is -0.361 e. The van der Waals surface area contributed by atoms with Crippen molar-refractivity contribution in [1.29, 1.82) is 5.26 Å². The fourth-order valence-electron chi connectivity index (χ4n) is 6.50. The van der Waals surface area contributed by atoms with E-state index in [0.717, 1.165) is 43.5 Å². The van der Waals surface area contributed by atoms with E-state index in [1.165, 1.54) is 11.8 Å². The second kappa shape index (κ2) is 7.14. The maximum atomic E-state index is 12.9. The lowest BCUT2D eigenvalue weighted by atomic mass is 9.77. The number of imidazole rings is 1. The topological polar surface area (TPSA) is 104 Å². The number of nitriles is 1. The number of carbonyl (C=O) groups excluding carboxylic acids is 1. The molecule has 7 nitrogen and oxygen atoms in total. The van der Waals surface area contributed by atoms with Crippen LogP contribution in [0, 0.1) is 22.7 Å². The molecule has 0 aromatic carbocycles. The number of ether oxygens (including phenoxy) is 1. The fraction of sp³-hybridized carbons (Fsp3) is 0.500. The third-order valence-corrected chi connectivity index (χ3v) is 8.49. The summed E-state index contributed by atoms with van der Waals surface area (Å²) in [5, 5.41) is 12.1. The molecule has 2 aromatic rings. The first-order chi connectivity index (χ1) is 16.5. The van der Waals surface area contributed by atoms with Crippen molar-refractivity contribution < 1.29 is 9.53 Å². The first-order valence-electron chi connectivity index (χ1n) is 12.4. The summed E-state index contributed by atoms with van der Waals surface area (Å²) >= 11 is 0. The molecule has 2 aromatic heterocycles. The molecule has 1 saturated heterocycles. The van der Waals surface area contributed by atoms with E-state index in [-0.39, 0.29) is 39.5 Å². The minimum absolute atomic E-state index is 0.000253. The van der Waals surface area contributed by atoms with Crippen LogP contribution >= 0.6 is 0 Å². The van der Waals surface area contributed by atoms with Crippen molar-refractivity contribution in [3.05, 3.63) is 59.5 Å². The van der Waals surface area contributed by atoms with Gasteiger partial charge in [-0.2, -0.15) is 5.26 Å². The van der Waals surface area contributed by atoms with Crippen LogP contribution in [-0.4, -0.2) is 32.1 Å². The molecule has 35 heavy (non-hydrogen) atoms. The molecule has 2 bridgehead atoms. The number of carbonyl (C=O) groups is 1. The minimum atomic E-state index is -0.380. The zero-order valence-electron chi connectivity index (χ0n) is 20.7. The summed E-state index contributed by atoms with van der Waals surface area (Å²) in [5.41, 5.74) is 3.81. The molecule has 4 unspecified atom stereocenters. The molecule has 2 fully saturated rings. The number of fused-ring (bicyclic) bond motifs is 4. The molecule has 2 N–H and O–H groups in total. The zero-order chi connectivity index (χ0) is 24.6. The van der Waals surface area contributed by atoms with E-state index >= 15 is 0 Å². The number of rotatable bonds is 4. The van der Waals surface area contributed by atoms with Gasteiger partial charge < -0.3 is 15.0 Å². The average Bonchev–Trinajstić information content (AvgIpc) is 3.24. The molecule has 6 rings (SSSR count). The average molecular weight is 470 g/mol. The molecule has 4 aliphatic rings. The highest BCUT2D eigenvalue weighted by Gasteiger charge is 2.71. The molecule has 1 amide bonds. The molecular weight excluding hydrogens is 438 g/mol. The van der Waals surface area contributed by atoms with Gasteiger partial charge in [0.05, 0.1) is 28.8 Å². The Morgan fingerprint density at radius 3 is 2.80 bits per heavy atom. The van der Waals surface area contributed by atoms with Crippen molar-refractivity contribution in [3.63, 3.8) is 0 Å². The number of H-pyrrole nitrogens is 1. The Balaban J connectivity index is 1.37. The van der Waals surface area contributed by atoms with Crippen LogP contribution in [0.3, 0.4) is 0 Å². The Morgan fingerprint density at radius 2 is 2.09 bits per heavy atom. The van der Waals surface area contributed by atoms with E-state index in [0.29, 0.717) is 11.6 Å². The van der Waals surface area contributed by atoms with Gasteiger partial charge in [0.15, 0.2) is 5.82 Å². The lowest BCUT2D eigenvalue weighted by Gasteiger charge is -2.40. The summed E-state index contributed by atoms with van der Waals surface area (Å²) in [6.07, 6.45) is 13.1. The number of nitrogens with zero attached hydrogens (tertiary/aromatic N) is 3. The summed E-state index contributed by atoms with van der Waals surface area (Å²) in [5.74, 6) is 0.147. The lowest BCUT2D eigenvalue weighted by molar-refractivity contribution is -0.117. The number of amides is 1. The Hall–Kier alpha value is -3.24. The first-order valence-corrected chi connectivity index (χ1v) is 12.4. The quantitative estimate of drug-likeness (QED) is 0.592. The van der Waals surface area contributed by atoms with Crippen molar-refractivity contribution in [3.8, 4) is 6.07 Å². The van der Waals surface area contributed by atoms with Crippen LogP contribution in [0.15, 0.2) is 36.6 Å². The van der Waals surface area contributed by atoms with Gasteiger partial charge in [0.1, 0.15) is 11.8 Å². The normalized spacial score (nSPS) is 34.0. The maximum Gasteiger partial charge on any atom is 0.291 e. The van der Waals surface area contributed by atoms with E-state index in [1.807, 2.05) is 12.1 Å². The first kappa shape index (κ1) is 22.2. The number of anilines is 1. The smallest absolute Gasteiger partial charge is 0.291 e. The summed E-state index contributed by atoms with van der Waals surface area (Å²) in [6.45, 7) is 8.94. The molecule has 7 heteroatoms. The van der Waals surface area contributed by atoms with Gasteiger partial charge in [-0.15, -0.1) is 0 Å². The van der Waals surface area contributed by atoms with Gasteiger partial charge in [-0.25, -0.2) is 4.98 Å². The second-order valence-electron chi connectivity index (χ2n) is 11.9. The van der Waals surface area contributed by atoms with E-state index in [4.69, 9.17) is 15.0 Å². The molecule has 180 valence electrons. The number of aromatic amines is 1. The molecule has 0 spiro atoms. The standard InChI is InChI=1S/C28H31N5O2/c1-25(2)9-7-17(8-10-25)22-19(32-24(34)23-30-15-18(14-29)31-23)5-6-21(33-22)28-13-20(28)27(4)12-11-26(3,16-28)35-27/h5-7,11-12,15,20H,8-10,13,16H2,1-4H3,(H,30,31)(H,32,34). The van der Waals surface area contributed by atoms with Crippen molar-refractivity contribution in [2.24, 2.45) is 11.3 Å². The largest absolute Gasteiger partial charge is 0.361 e. The number of pyridine rings is 1. The van der Waals surface area contributed by atoms with E-state index < -0.39 is 0 Å². The summed E-state index contributed by atoms with van der Waals surface area (Å²) in [4.78, 5) is 25.0. The van der Waals surface area contributed by atoms with Gasteiger partial charge in [0, 0.05) is 17.0 Å². The fourth-order valence-corrected chi connectivity index (χ4v) is 6.50. The second-order valence-corrected chi connectivity index (χ2v) is 11.9. The lowest BCUT2D eigenvalue weighted by Crippen LogP contribution is -2.44. The summed E-state index contributed by atoms with van der Waals surface area (Å²) < 4.78 is 6.44. The van der Waals surface area contributed by atoms with E-state index in [9.17, 15) is 4.79 Å². The van der Waals surface area contributed by atoms with Gasteiger partial charge in [-0.1, -0.05) is 32.1 Å². The van der Waals surface area contributed by atoms with E-state index in [1.54, 1.807) is 0 Å². The third kappa shape index (κ3) is 3.54. The molecule has 0 radical (unpaired) electrons. The van der Waals surface area contributed by atoms with Crippen molar-refractivity contribution in [2.75, 3.05) is 5.32 Å². The van der Waals surface area contributed by atoms with E-state index in [2.05, 4.69) is 67.3 Å². The predicted molar refractivity (Wildman–Crippen MR) is 133 cm³/mol. The van der Waals surface area contributed by atoms with Crippen molar-refractivity contribution in [1.82, 2.24) is 15.0 Å². The number of nitrogens with one attached hydrogen (secondary N) is 2. The predicted octanol–water partition coefficient (Wildman–Crippen LogP) is 5.29. The Kier molecular flexibility index (Phi) is 4.54. The van der Waals surface area contributed by atoms with Gasteiger partial charge in [-0.3, -0.25) is 9.78 Å². The van der Waals surface area contributed by atoms with Gasteiger partial charge in [0.25, 0.3) is 5.91 Å². The zero-order valence-corrected chi connectivity index (χ0v) is 20.7. The molecule has 4 heterocycles. The number of allylic oxidation sites excluding steroid dienone is 2. The van der Waals surface area contributed by atoms with Crippen LogP contribution in [0.5, 0.6) is 0 Å². The Labute approximate surface area is 205 Å². The SMILES string of the molecule is CC1(C)CC=C(c2nc(C34CC3C3(C)C=CC(C)(C4)O3)ccc2NC(=O)c2ncc(C#N)[nH]2)CC1. The van der Waals surface area contributed by atoms with Crippen LogP contribution in [0.2, 0.25) is 0 Å². The molecular formula is C28H31N5O2. The number of aromatic nitrogens is 3.